The number of amides is 1. The van der Waals surface area contributed by atoms with Crippen molar-refractivity contribution in [2.75, 3.05) is 6.54 Å². The van der Waals surface area contributed by atoms with Gasteiger partial charge >= 0.3 is 0 Å². The van der Waals surface area contributed by atoms with E-state index < -0.39 is 6.10 Å². The third-order valence-corrected chi connectivity index (χ3v) is 3.47. The topological polar surface area (TPSA) is 72.1 Å². The first-order valence-corrected chi connectivity index (χ1v) is 7.50. The number of rotatable bonds is 5. The molecule has 0 bridgehead atoms. The lowest BCUT2D eigenvalue weighted by Crippen LogP contribution is -2.31. The molecule has 2 aromatic heterocycles. The average molecular weight is 328 g/mol. The summed E-state index contributed by atoms with van der Waals surface area (Å²) in [5, 5.41) is 16.3. The second kappa shape index (κ2) is 6.67. The fourth-order valence-corrected chi connectivity index (χ4v) is 2.33. The van der Waals surface area contributed by atoms with Gasteiger partial charge in [-0.15, -0.1) is 0 Å². The molecule has 3 rings (SSSR count). The second-order valence-electron chi connectivity index (χ2n) is 5.42. The quantitative estimate of drug-likeness (QED) is 0.751. The summed E-state index contributed by atoms with van der Waals surface area (Å²) in [6, 6.07) is 9.52. The van der Waals surface area contributed by atoms with Crippen LogP contribution in [-0.2, 0) is 0 Å². The molecule has 1 unspecified atom stereocenters. The third kappa shape index (κ3) is 3.21. The number of hydrogen-bond acceptors (Lipinski definition) is 3. The molecule has 0 spiro atoms. The van der Waals surface area contributed by atoms with E-state index in [9.17, 15) is 14.3 Å². The molecular weight excluding hydrogens is 311 g/mol. The highest BCUT2D eigenvalue weighted by atomic mass is 19.1. The summed E-state index contributed by atoms with van der Waals surface area (Å²) in [5.74, 6) is -0.147. The maximum atomic E-state index is 13.2. The first-order chi connectivity index (χ1) is 11.6. The number of carbonyl (C=O) groups excluding carboxylic acids is 1. The predicted molar refractivity (Wildman–Crippen MR) is 86.9 cm³/mol. The van der Waals surface area contributed by atoms with Crippen LogP contribution in [-0.4, -0.2) is 38.0 Å². The minimum atomic E-state index is -0.642. The lowest BCUT2D eigenvalue weighted by molar-refractivity contribution is 0.0924. The van der Waals surface area contributed by atoms with Crippen LogP contribution in [0.2, 0.25) is 0 Å². The Morgan fingerprint density at radius 1 is 1.29 bits per heavy atom. The average Bonchev–Trinajstić information content (AvgIpc) is 3.22. The molecule has 0 aliphatic carbocycles. The van der Waals surface area contributed by atoms with Crippen LogP contribution in [0.5, 0.6) is 0 Å². The molecule has 0 aliphatic heterocycles. The van der Waals surface area contributed by atoms with Crippen LogP contribution >= 0.6 is 0 Å². The van der Waals surface area contributed by atoms with E-state index in [0.717, 1.165) is 0 Å². The molecule has 1 atom stereocenters. The van der Waals surface area contributed by atoms with E-state index >= 15 is 0 Å². The smallest absolute Gasteiger partial charge is 0.256 e. The SMILES string of the molecule is CC(O)CNC(=O)c1cnn(-c2ccc(F)cc2)c1-n1cccc1. The maximum absolute atomic E-state index is 13.2. The monoisotopic (exact) mass is 328 g/mol. The summed E-state index contributed by atoms with van der Waals surface area (Å²) in [4.78, 5) is 12.4. The Morgan fingerprint density at radius 3 is 2.58 bits per heavy atom. The zero-order valence-corrected chi connectivity index (χ0v) is 13.1. The molecule has 3 aromatic rings. The van der Waals surface area contributed by atoms with Crippen molar-refractivity contribution in [3.05, 3.63) is 66.4 Å². The van der Waals surface area contributed by atoms with Gasteiger partial charge in [0.1, 0.15) is 11.4 Å². The number of aromatic nitrogens is 3. The summed E-state index contributed by atoms with van der Waals surface area (Å²) < 4.78 is 16.5. The highest BCUT2D eigenvalue weighted by molar-refractivity contribution is 5.97. The Hall–Kier alpha value is -2.93. The van der Waals surface area contributed by atoms with Gasteiger partial charge in [-0.1, -0.05) is 0 Å². The number of carbonyl (C=O) groups is 1. The largest absolute Gasteiger partial charge is 0.392 e. The van der Waals surface area contributed by atoms with E-state index in [-0.39, 0.29) is 18.3 Å². The fraction of sp³-hybridized carbons (Fsp3) is 0.176. The van der Waals surface area contributed by atoms with Crippen molar-refractivity contribution in [1.29, 1.82) is 0 Å². The number of halogens is 1. The summed E-state index contributed by atoms with van der Waals surface area (Å²) in [6.07, 6.45) is 4.40. The van der Waals surface area contributed by atoms with Gasteiger partial charge in [-0.05, 0) is 43.3 Å². The van der Waals surface area contributed by atoms with Gasteiger partial charge in [0.2, 0.25) is 0 Å². The van der Waals surface area contributed by atoms with Crippen LogP contribution in [0.4, 0.5) is 4.39 Å². The zero-order valence-electron chi connectivity index (χ0n) is 13.1. The fourth-order valence-electron chi connectivity index (χ4n) is 2.33. The first-order valence-electron chi connectivity index (χ1n) is 7.50. The predicted octanol–water partition coefficient (Wildman–Crippen LogP) is 1.91. The van der Waals surface area contributed by atoms with Crippen LogP contribution < -0.4 is 5.32 Å². The van der Waals surface area contributed by atoms with E-state index in [2.05, 4.69) is 10.4 Å². The molecule has 1 amide bonds. The molecule has 0 aliphatic rings. The zero-order chi connectivity index (χ0) is 17.1. The number of aliphatic hydroxyl groups is 1. The van der Waals surface area contributed by atoms with Crippen LogP contribution in [0.15, 0.2) is 55.0 Å². The number of benzene rings is 1. The van der Waals surface area contributed by atoms with Crippen molar-refractivity contribution in [3.8, 4) is 11.5 Å². The Kier molecular flexibility index (Phi) is 4.43. The summed E-state index contributed by atoms with van der Waals surface area (Å²) >= 11 is 0. The van der Waals surface area contributed by atoms with Crippen molar-refractivity contribution in [2.24, 2.45) is 0 Å². The summed E-state index contributed by atoms with van der Waals surface area (Å²) in [5.41, 5.74) is 0.992. The molecule has 7 heteroatoms. The molecule has 2 heterocycles. The van der Waals surface area contributed by atoms with Gasteiger partial charge in [0.25, 0.3) is 5.91 Å². The van der Waals surface area contributed by atoms with Crippen molar-refractivity contribution in [2.45, 2.75) is 13.0 Å². The standard InChI is InChI=1S/C17H17FN4O2/c1-12(23)10-19-16(24)15-11-20-22(14-6-4-13(18)5-7-14)17(15)21-8-2-3-9-21/h2-9,11-12,23H,10H2,1H3,(H,19,24). The number of aliphatic hydroxyl groups excluding tert-OH is 1. The second-order valence-corrected chi connectivity index (χ2v) is 5.42. The number of nitrogens with zero attached hydrogens (tertiary/aromatic N) is 3. The lowest BCUT2D eigenvalue weighted by Gasteiger charge is -2.11. The molecule has 1 aromatic carbocycles. The number of nitrogens with one attached hydrogen (secondary N) is 1. The van der Waals surface area contributed by atoms with Crippen LogP contribution in [0.3, 0.4) is 0 Å². The lowest BCUT2D eigenvalue weighted by atomic mass is 10.2. The van der Waals surface area contributed by atoms with Gasteiger partial charge in [0.15, 0.2) is 5.82 Å². The van der Waals surface area contributed by atoms with Crippen molar-refractivity contribution < 1.29 is 14.3 Å². The normalized spacial score (nSPS) is 12.1. The van der Waals surface area contributed by atoms with Gasteiger partial charge in [0.05, 0.1) is 18.0 Å². The Labute approximate surface area is 138 Å². The van der Waals surface area contributed by atoms with E-state index in [4.69, 9.17) is 0 Å². The molecule has 0 fully saturated rings. The first kappa shape index (κ1) is 15.9. The Bertz CT molecular complexity index is 823. The molecule has 24 heavy (non-hydrogen) atoms. The third-order valence-electron chi connectivity index (χ3n) is 3.47. The summed E-state index contributed by atoms with van der Waals surface area (Å²) in [7, 11) is 0. The highest BCUT2D eigenvalue weighted by Gasteiger charge is 2.20. The molecule has 0 saturated carbocycles. The van der Waals surface area contributed by atoms with Crippen molar-refractivity contribution in [3.63, 3.8) is 0 Å². The summed E-state index contributed by atoms with van der Waals surface area (Å²) in [6.45, 7) is 1.74. The molecule has 6 nitrogen and oxygen atoms in total. The van der Waals surface area contributed by atoms with Crippen molar-refractivity contribution in [1.82, 2.24) is 19.7 Å². The van der Waals surface area contributed by atoms with E-state index in [1.54, 1.807) is 40.7 Å². The van der Waals surface area contributed by atoms with Gasteiger partial charge in [-0.3, -0.25) is 4.79 Å². The highest BCUT2D eigenvalue weighted by Crippen LogP contribution is 2.20. The van der Waals surface area contributed by atoms with E-state index in [1.165, 1.54) is 18.3 Å². The molecule has 2 N–H and O–H groups in total. The minimum absolute atomic E-state index is 0.145. The maximum Gasteiger partial charge on any atom is 0.256 e. The number of hydrogen-bond donors (Lipinski definition) is 2. The molecule has 0 radical (unpaired) electrons. The van der Waals surface area contributed by atoms with Gasteiger partial charge in [0, 0.05) is 18.9 Å². The molecular formula is C17H17FN4O2. The van der Waals surface area contributed by atoms with Crippen LogP contribution in [0.25, 0.3) is 11.5 Å². The Morgan fingerprint density at radius 2 is 1.96 bits per heavy atom. The van der Waals surface area contributed by atoms with Gasteiger partial charge in [-0.25, -0.2) is 9.07 Å². The van der Waals surface area contributed by atoms with Gasteiger partial charge in [-0.2, -0.15) is 5.10 Å². The van der Waals surface area contributed by atoms with Crippen molar-refractivity contribution >= 4 is 5.91 Å². The van der Waals surface area contributed by atoms with Crippen LogP contribution in [0, 0.1) is 5.82 Å². The molecule has 0 saturated heterocycles. The van der Waals surface area contributed by atoms with E-state index in [1.807, 2.05) is 12.1 Å². The minimum Gasteiger partial charge on any atom is -0.392 e. The van der Waals surface area contributed by atoms with Gasteiger partial charge < -0.3 is 15.0 Å². The van der Waals surface area contributed by atoms with Crippen LogP contribution in [0.1, 0.15) is 17.3 Å². The Balaban J connectivity index is 2.04. The molecule has 124 valence electrons. The van der Waals surface area contributed by atoms with E-state index in [0.29, 0.717) is 17.1 Å².